The number of halogens is 2. The zero-order valence-corrected chi connectivity index (χ0v) is 16.1. The van der Waals surface area contributed by atoms with E-state index in [1.54, 1.807) is 18.3 Å². The zero-order valence-electron chi connectivity index (χ0n) is 13.0. The van der Waals surface area contributed by atoms with Gasteiger partial charge in [-0.1, -0.05) is 35.0 Å². The van der Waals surface area contributed by atoms with Crippen LogP contribution in [0.1, 0.15) is 0 Å². The molecule has 0 bridgehead atoms. The summed E-state index contributed by atoms with van der Waals surface area (Å²) < 4.78 is 29.3. The van der Waals surface area contributed by atoms with Crippen LogP contribution in [-0.2, 0) is 17.1 Å². The summed E-state index contributed by atoms with van der Waals surface area (Å²) in [6.07, 6.45) is 3.59. The highest BCUT2D eigenvalue weighted by atomic mass is 35.5. The number of nitrogens with zero attached hydrogens (tertiary/aromatic N) is 2. The minimum Gasteiger partial charge on any atom is -0.329 e. The molecule has 1 aromatic heterocycles. The Morgan fingerprint density at radius 2 is 1.72 bits per heavy atom. The number of nitrogens with one attached hydrogen (secondary N) is 1. The standard InChI is InChI=1S/C16H13Cl2N3O2S2/c1-21-7-6-19-16(21)24-14-4-2-13(3-5-14)20-25(22,23)15-9-11(17)8-12(18)10-15/h2-10,20H,1H3. The lowest BCUT2D eigenvalue weighted by Gasteiger charge is -2.09. The highest BCUT2D eigenvalue weighted by Gasteiger charge is 2.16. The van der Waals surface area contributed by atoms with Crippen LogP contribution >= 0.6 is 35.0 Å². The molecular formula is C16H13Cl2N3O2S2. The van der Waals surface area contributed by atoms with Crippen molar-refractivity contribution in [2.24, 2.45) is 7.05 Å². The molecule has 2 aromatic carbocycles. The molecule has 0 atom stereocenters. The van der Waals surface area contributed by atoms with Crippen LogP contribution in [0.25, 0.3) is 0 Å². The molecule has 0 aliphatic heterocycles. The Bertz CT molecular complexity index is 982. The molecule has 25 heavy (non-hydrogen) atoms. The van der Waals surface area contributed by atoms with E-state index in [1.807, 2.05) is 29.9 Å². The van der Waals surface area contributed by atoms with Gasteiger partial charge in [0, 0.05) is 40.1 Å². The van der Waals surface area contributed by atoms with Crippen molar-refractivity contribution in [2.75, 3.05) is 4.72 Å². The third-order valence-electron chi connectivity index (χ3n) is 3.24. The molecule has 0 radical (unpaired) electrons. The lowest BCUT2D eigenvalue weighted by Crippen LogP contribution is -2.12. The number of aryl methyl sites for hydroxylation is 1. The van der Waals surface area contributed by atoms with Gasteiger partial charge in [-0.2, -0.15) is 0 Å². The van der Waals surface area contributed by atoms with E-state index in [0.717, 1.165) is 10.1 Å². The second-order valence-corrected chi connectivity index (χ2v) is 8.75. The second kappa shape index (κ2) is 7.29. The molecule has 130 valence electrons. The fourth-order valence-corrected chi connectivity index (χ4v) is 4.63. The van der Waals surface area contributed by atoms with Gasteiger partial charge >= 0.3 is 0 Å². The van der Waals surface area contributed by atoms with Crippen molar-refractivity contribution in [3.05, 3.63) is 64.9 Å². The van der Waals surface area contributed by atoms with E-state index in [9.17, 15) is 8.42 Å². The van der Waals surface area contributed by atoms with Crippen molar-refractivity contribution in [1.29, 1.82) is 0 Å². The zero-order chi connectivity index (χ0) is 18.0. The van der Waals surface area contributed by atoms with E-state index in [0.29, 0.717) is 5.69 Å². The van der Waals surface area contributed by atoms with E-state index in [4.69, 9.17) is 23.2 Å². The molecule has 0 aliphatic rings. The molecule has 9 heteroatoms. The Kier molecular flexibility index (Phi) is 5.29. The monoisotopic (exact) mass is 413 g/mol. The molecule has 0 amide bonds. The average molecular weight is 414 g/mol. The Morgan fingerprint density at radius 1 is 1.08 bits per heavy atom. The molecule has 3 rings (SSSR count). The smallest absolute Gasteiger partial charge is 0.261 e. The molecule has 1 N–H and O–H groups in total. The summed E-state index contributed by atoms with van der Waals surface area (Å²) in [5.74, 6) is 0. The third-order valence-corrected chi connectivity index (χ3v) is 6.12. The van der Waals surface area contributed by atoms with Crippen LogP contribution in [0.2, 0.25) is 10.0 Å². The number of aromatic nitrogens is 2. The highest BCUT2D eigenvalue weighted by molar-refractivity contribution is 7.99. The van der Waals surface area contributed by atoms with Crippen molar-refractivity contribution in [2.45, 2.75) is 14.9 Å². The van der Waals surface area contributed by atoms with Crippen LogP contribution in [0.5, 0.6) is 0 Å². The maximum Gasteiger partial charge on any atom is 0.261 e. The van der Waals surface area contributed by atoms with E-state index in [-0.39, 0.29) is 14.9 Å². The fraction of sp³-hybridized carbons (Fsp3) is 0.0625. The first kappa shape index (κ1) is 18.1. The first-order chi connectivity index (χ1) is 11.8. The lowest BCUT2D eigenvalue weighted by atomic mass is 10.3. The van der Waals surface area contributed by atoms with E-state index < -0.39 is 10.0 Å². The average Bonchev–Trinajstić information content (AvgIpc) is 2.93. The predicted molar refractivity (Wildman–Crippen MR) is 101 cm³/mol. The minimum absolute atomic E-state index is 0.0106. The van der Waals surface area contributed by atoms with Gasteiger partial charge in [-0.25, -0.2) is 13.4 Å². The fourth-order valence-electron chi connectivity index (χ4n) is 2.04. The lowest BCUT2D eigenvalue weighted by molar-refractivity contribution is 0.601. The first-order valence-corrected chi connectivity index (χ1v) is 10.1. The number of sulfonamides is 1. The number of hydrogen-bond acceptors (Lipinski definition) is 4. The number of hydrogen-bond donors (Lipinski definition) is 1. The second-order valence-electron chi connectivity index (χ2n) is 5.16. The summed E-state index contributed by atoms with van der Waals surface area (Å²) in [7, 11) is -1.86. The summed E-state index contributed by atoms with van der Waals surface area (Å²) in [6, 6.07) is 11.2. The van der Waals surface area contributed by atoms with Gasteiger partial charge in [-0.05, 0) is 42.5 Å². The van der Waals surface area contributed by atoms with Crippen molar-refractivity contribution >= 4 is 50.7 Å². The Balaban J connectivity index is 1.77. The molecule has 0 saturated carbocycles. The molecule has 3 aromatic rings. The molecule has 0 saturated heterocycles. The summed E-state index contributed by atoms with van der Waals surface area (Å²) in [4.78, 5) is 5.20. The van der Waals surface area contributed by atoms with Gasteiger partial charge in [0.05, 0.1) is 4.90 Å². The van der Waals surface area contributed by atoms with Crippen LogP contribution in [0.3, 0.4) is 0 Å². The van der Waals surface area contributed by atoms with Gasteiger partial charge < -0.3 is 4.57 Å². The van der Waals surface area contributed by atoms with Crippen LogP contribution < -0.4 is 4.72 Å². The first-order valence-electron chi connectivity index (χ1n) is 7.08. The summed E-state index contributed by atoms with van der Waals surface area (Å²) in [5.41, 5.74) is 0.445. The Morgan fingerprint density at radius 3 is 2.28 bits per heavy atom. The topological polar surface area (TPSA) is 64.0 Å². The third kappa shape index (κ3) is 4.49. The molecule has 0 unspecified atom stereocenters. The van der Waals surface area contributed by atoms with Crippen LogP contribution in [-0.4, -0.2) is 18.0 Å². The number of benzene rings is 2. The number of imidazole rings is 1. The van der Waals surface area contributed by atoms with E-state index >= 15 is 0 Å². The van der Waals surface area contributed by atoms with Gasteiger partial charge in [-0.3, -0.25) is 4.72 Å². The molecule has 0 aliphatic carbocycles. The SMILES string of the molecule is Cn1ccnc1Sc1ccc(NS(=O)(=O)c2cc(Cl)cc(Cl)c2)cc1. The molecule has 1 heterocycles. The van der Waals surface area contributed by atoms with Gasteiger partial charge in [0.15, 0.2) is 5.16 Å². The highest BCUT2D eigenvalue weighted by Crippen LogP contribution is 2.28. The van der Waals surface area contributed by atoms with Crippen molar-refractivity contribution < 1.29 is 8.42 Å². The van der Waals surface area contributed by atoms with Crippen molar-refractivity contribution in [1.82, 2.24) is 9.55 Å². The largest absolute Gasteiger partial charge is 0.329 e. The van der Waals surface area contributed by atoms with Gasteiger partial charge in [0.1, 0.15) is 0 Å². The van der Waals surface area contributed by atoms with Crippen molar-refractivity contribution in [3.8, 4) is 0 Å². The van der Waals surface area contributed by atoms with Crippen LogP contribution in [0, 0.1) is 0 Å². The Hall–Kier alpha value is -1.67. The van der Waals surface area contributed by atoms with Crippen LogP contribution in [0.15, 0.2) is 69.8 Å². The minimum atomic E-state index is -3.77. The summed E-state index contributed by atoms with van der Waals surface area (Å²) in [6.45, 7) is 0. The number of rotatable bonds is 5. The van der Waals surface area contributed by atoms with Crippen molar-refractivity contribution in [3.63, 3.8) is 0 Å². The van der Waals surface area contributed by atoms with E-state index in [1.165, 1.54) is 30.0 Å². The quantitative estimate of drug-likeness (QED) is 0.659. The van der Waals surface area contributed by atoms with Gasteiger partial charge in [0.25, 0.3) is 10.0 Å². The maximum atomic E-state index is 12.4. The van der Waals surface area contributed by atoms with E-state index in [2.05, 4.69) is 9.71 Å². The summed E-state index contributed by atoms with van der Waals surface area (Å²) in [5, 5.41) is 1.37. The van der Waals surface area contributed by atoms with Gasteiger partial charge in [0.2, 0.25) is 0 Å². The molecule has 0 spiro atoms. The molecule has 0 fully saturated rings. The maximum absolute atomic E-state index is 12.4. The predicted octanol–water partition coefficient (Wildman–Crippen LogP) is 4.68. The summed E-state index contributed by atoms with van der Waals surface area (Å²) >= 11 is 13.2. The number of anilines is 1. The molecule has 5 nitrogen and oxygen atoms in total. The molecular weight excluding hydrogens is 401 g/mol. The Labute approximate surface area is 160 Å². The normalized spacial score (nSPS) is 11.5. The van der Waals surface area contributed by atoms with Gasteiger partial charge in [-0.15, -0.1) is 0 Å². The van der Waals surface area contributed by atoms with Crippen LogP contribution in [0.4, 0.5) is 5.69 Å².